The van der Waals surface area contributed by atoms with Gasteiger partial charge in [-0.3, -0.25) is 4.79 Å². The molecule has 1 aliphatic rings. The third kappa shape index (κ3) is 4.25. The number of benzene rings is 1. The van der Waals surface area contributed by atoms with Gasteiger partial charge in [0.05, 0.1) is 40.6 Å². The van der Waals surface area contributed by atoms with Crippen LogP contribution in [0.1, 0.15) is 35.7 Å². The van der Waals surface area contributed by atoms with E-state index in [0.29, 0.717) is 29.2 Å². The molecule has 0 bridgehead atoms. The fourth-order valence-corrected chi connectivity index (χ4v) is 4.34. The van der Waals surface area contributed by atoms with Crippen LogP contribution in [0.5, 0.6) is 5.88 Å². The molecule has 0 spiro atoms. The van der Waals surface area contributed by atoms with Crippen molar-refractivity contribution in [1.29, 1.82) is 5.26 Å². The van der Waals surface area contributed by atoms with E-state index in [0.717, 1.165) is 17.7 Å². The lowest BCUT2D eigenvalue weighted by Crippen LogP contribution is -2.49. The van der Waals surface area contributed by atoms with Gasteiger partial charge in [-0.25, -0.2) is 4.98 Å². The average molecular weight is 435 g/mol. The number of pyridine rings is 1. The van der Waals surface area contributed by atoms with Crippen LogP contribution in [-0.2, 0) is 0 Å². The molecule has 1 aliphatic heterocycles. The molecule has 8 nitrogen and oxygen atoms in total. The molecule has 0 aliphatic carbocycles. The van der Waals surface area contributed by atoms with Crippen molar-refractivity contribution in [2.24, 2.45) is 0 Å². The van der Waals surface area contributed by atoms with Gasteiger partial charge in [0, 0.05) is 12.2 Å². The minimum atomic E-state index is -0.206. The predicted octanol–water partition coefficient (Wildman–Crippen LogP) is 3.33. The number of rotatable bonds is 5. The molecule has 2 aromatic heterocycles. The van der Waals surface area contributed by atoms with Gasteiger partial charge >= 0.3 is 0 Å². The second-order valence-corrected chi connectivity index (χ2v) is 8.08. The Morgan fingerprint density at radius 2 is 1.97 bits per heavy atom. The van der Waals surface area contributed by atoms with Crippen molar-refractivity contribution in [1.82, 2.24) is 24.9 Å². The number of carbonyl (C=O) groups excluding carboxylic acids is 1. The Bertz CT molecular complexity index is 1110. The molecule has 0 N–H and O–H groups in total. The summed E-state index contributed by atoms with van der Waals surface area (Å²) in [7, 11) is 0. The van der Waals surface area contributed by atoms with Gasteiger partial charge in [0.2, 0.25) is 5.88 Å². The number of thioether (sulfide) groups is 1. The molecule has 2 unspecified atom stereocenters. The average Bonchev–Trinajstić information content (AvgIpc) is 3.34. The fourth-order valence-electron chi connectivity index (χ4n) is 3.73. The van der Waals surface area contributed by atoms with E-state index in [2.05, 4.69) is 21.3 Å². The van der Waals surface area contributed by atoms with Crippen molar-refractivity contribution in [3.8, 4) is 17.6 Å². The molecular formula is C22H22N6O2S. The number of para-hydroxylation sites is 1. The molecule has 2 atom stereocenters. The van der Waals surface area contributed by atoms with Crippen LogP contribution < -0.4 is 4.74 Å². The number of amides is 1. The molecule has 0 radical (unpaired) electrons. The lowest BCUT2D eigenvalue weighted by atomic mass is 9.99. The number of hydrogen-bond donors (Lipinski definition) is 0. The minimum Gasteiger partial charge on any atom is -0.472 e. The van der Waals surface area contributed by atoms with Crippen LogP contribution in [0.4, 0.5) is 0 Å². The standard InChI is InChI=1S/C22H22N6O2S/c1-15-7-8-17(30-21-20(31-2)16(13-23)9-10-24-21)14-27(15)22(29)18-5-3-4-6-19(18)28-25-11-12-26-28/h3-6,9-12,15,17H,7-8,14H2,1-2H3. The quantitative estimate of drug-likeness (QED) is 0.568. The first-order valence-electron chi connectivity index (χ1n) is 9.98. The van der Waals surface area contributed by atoms with Crippen LogP contribution in [0.3, 0.4) is 0 Å². The highest BCUT2D eigenvalue weighted by molar-refractivity contribution is 7.98. The molecular weight excluding hydrogens is 412 g/mol. The summed E-state index contributed by atoms with van der Waals surface area (Å²) in [5.41, 5.74) is 1.72. The van der Waals surface area contributed by atoms with Gasteiger partial charge in [0.15, 0.2) is 0 Å². The van der Waals surface area contributed by atoms with Gasteiger partial charge in [-0.2, -0.15) is 20.3 Å². The molecule has 3 heterocycles. The normalized spacial score (nSPS) is 18.4. The zero-order valence-electron chi connectivity index (χ0n) is 17.3. The van der Waals surface area contributed by atoms with Crippen LogP contribution in [0, 0.1) is 11.3 Å². The first-order chi connectivity index (χ1) is 15.1. The fraction of sp³-hybridized carbons (Fsp3) is 0.318. The van der Waals surface area contributed by atoms with E-state index in [1.807, 2.05) is 36.3 Å². The molecule has 1 fully saturated rings. The maximum Gasteiger partial charge on any atom is 0.256 e. The monoisotopic (exact) mass is 434 g/mol. The Balaban J connectivity index is 1.57. The van der Waals surface area contributed by atoms with E-state index in [1.54, 1.807) is 30.7 Å². The molecule has 9 heteroatoms. The Kier molecular flexibility index (Phi) is 6.18. The Hall–Kier alpha value is -3.38. The van der Waals surface area contributed by atoms with Gasteiger partial charge < -0.3 is 9.64 Å². The molecule has 158 valence electrons. The van der Waals surface area contributed by atoms with E-state index in [9.17, 15) is 10.1 Å². The lowest BCUT2D eigenvalue weighted by molar-refractivity contribution is 0.0364. The van der Waals surface area contributed by atoms with Crippen molar-refractivity contribution in [2.45, 2.75) is 36.8 Å². The number of carbonyl (C=O) groups is 1. The SMILES string of the molecule is CSc1c(C#N)ccnc1OC1CCC(C)N(C(=O)c2ccccc2-n2nccn2)C1. The minimum absolute atomic E-state index is 0.0735. The first kappa shape index (κ1) is 20.9. The molecule has 3 aromatic rings. The summed E-state index contributed by atoms with van der Waals surface area (Å²) in [5.74, 6) is 0.358. The van der Waals surface area contributed by atoms with E-state index in [4.69, 9.17) is 4.74 Å². The van der Waals surface area contributed by atoms with Gasteiger partial charge in [-0.15, -0.1) is 11.8 Å². The van der Waals surface area contributed by atoms with Crippen LogP contribution in [-0.4, -0.2) is 55.7 Å². The van der Waals surface area contributed by atoms with Gasteiger partial charge in [0.1, 0.15) is 12.2 Å². The maximum atomic E-state index is 13.5. The Labute approximate surface area is 184 Å². The highest BCUT2D eigenvalue weighted by Crippen LogP contribution is 2.31. The molecule has 1 amide bonds. The number of nitriles is 1. The van der Waals surface area contributed by atoms with Crippen LogP contribution in [0.2, 0.25) is 0 Å². The maximum absolute atomic E-state index is 13.5. The van der Waals surface area contributed by atoms with Gasteiger partial charge in [0.25, 0.3) is 5.91 Å². The number of aromatic nitrogens is 4. The molecule has 1 saturated heterocycles. The van der Waals surface area contributed by atoms with E-state index in [1.165, 1.54) is 16.6 Å². The van der Waals surface area contributed by atoms with E-state index < -0.39 is 0 Å². The van der Waals surface area contributed by atoms with Crippen LogP contribution in [0.25, 0.3) is 5.69 Å². The second-order valence-electron chi connectivity index (χ2n) is 7.27. The topological polar surface area (TPSA) is 96.9 Å². The van der Waals surface area contributed by atoms with Crippen molar-refractivity contribution in [3.63, 3.8) is 0 Å². The van der Waals surface area contributed by atoms with Crippen molar-refractivity contribution >= 4 is 17.7 Å². The predicted molar refractivity (Wildman–Crippen MR) is 116 cm³/mol. The largest absolute Gasteiger partial charge is 0.472 e. The second kappa shape index (κ2) is 9.18. The first-order valence-corrected chi connectivity index (χ1v) is 11.2. The molecule has 31 heavy (non-hydrogen) atoms. The zero-order valence-corrected chi connectivity index (χ0v) is 18.1. The highest BCUT2D eigenvalue weighted by Gasteiger charge is 2.32. The lowest BCUT2D eigenvalue weighted by Gasteiger charge is -2.38. The summed E-state index contributed by atoms with van der Waals surface area (Å²) >= 11 is 1.43. The number of hydrogen-bond acceptors (Lipinski definition) is 7. The number of nitrogens with zero attached hydrogens (tertiary/aromatic N) is 6. The summed E-state index contributed by atoms with van der Waals surface area (Å²) < 4.78 is 6.18. The summed E-state index contributed by atoms with van der Waals surface area (Å²) in [6.45, 7) is 2.48. The van der Waals surface area contributed by atoms with E-state index >= 15 is 0 Å². The summed E-state index contributed by atoms with van der Waals surface area (Å²) in [4.78, 5) is 21.8. The number of piperidine rings is 1. The van der Waals surface area contributed by atoms with E-state index in [-0.39, 0.29) is 18.1 Å². The van der Waals surface area contributed by atoms with Gasteiger partial charge in [-0.1, -0.05) is 12.1 Å². The Morgan fingerprint density at radius 3 is 2.71 bits per heavy atom. The highest BCUT2D eigenvalue weighted by atomic mass is 32.2. The number of likely N-dealkylation sites (tertiary alicyclic amines) is 1. The third-order valence-corrected chi connectivity index (χ3v) is 6.15. The molecule has 0 saturated carbocycles. The van der Waals surface area contributed by atoms with Gasteiger partial charge in [-0.05, 0) is 44.2 Å². The molecule has 1 aromatic carbocycles. The van der Waals surface area contributed by atoms with Crippen LogP contribution >= 0.6 is 11.8 Å². The van der Waals surface area contributed by atoms with Crippen LogP contribution in [0.15, 0.2) is 53.8 Å². The number of ether oxygens (including phenoxy) is 1. The van der Waals surface area contributed by atoms with Crippen molar-refractivity contribution < 1.29 is 9.53 Å². The molecule has 4 rings (SSSR count). The Morgan fingerprint density at radius 1 is 1.19 bits per heavy atom. The smallest absolute Gasteiger partial charge is 0.256 e. The summed E-state index contributed by atoms with van der Waals surface area (Å²) in [6.07, 6.45) is 8.05. The zero-order chi connectivity index (χ0) is 21.8. The van der Waals surface area contributed by atoms with Crippen molar-refractivity contribution in [2.75, 3.05) is 12.8 Å². The van der Waals surface area contributed by atoms with Crippen molar-refractivity contribution in [3.05, 3.63) is 60.0 Å². The third-order valence-electron chi connectivity index (χ3n) is 5.34. The summed E-state index contributed by atoms with van der Waals surface area (Å²) in [5, 5.41) is 17.7. The summed E-state index contributed by atoms with van der Waals surface area (Å²) in [6, 6.07) is 11.3.